The quantitative estimate of drug-likeness (QED) is 0.847. The van der Waals surface area contributed by atoms with Gasteiger partial charge in [0.1, 0.15) is 5.52 Å². The van der Waals surface area contributed by atoms with Crippen molar-refractivity contribution in [3.63, 3.8) is 0 Å². The highest BCUT2D eigenvalue weighted by Gasteiger charge is 2.40. The lowest BCUT2D eigenvalue weighted by Gasteiger charge is -2.14. The van der Waals surface area contributed by atoms with Crippen molar-refractivity contribution in [2.24, 2.45) is 11.1 Å². The van der Waals surface area contributed by atoms with Gasteiger partial charge in [-0.3, -0.25) is 0 Å². The fraction of sp³-hybridized carbons (Fsp3) is 0.462. The van der Waals surface area contributed by atoms with Crippen molar-refractivity contribution in [2.75, 3.05) is 18.4 Å². The number of hydrogen-bond donors (Lipinski definition) is 2. The zero-order chi connectivity index (χ0) is 11.9. The molecular formula is C13H17N3O. The van der Waals surface area contributed by atoms with Crippen LogP contribution in [0.25, 0.3) is 11.1 Å². The first kappa shape index (κ1) is 10.6. The van der Waals surface area contributed by atoms with Crippen molar-refractivity contribution in [1.82, 2.24) is 4.98 Å². The molecule has 0 bridgehead atoms. The van der Waals surface area contributed by atoms with Gasteiger partial charge in [0.15, 0.2) is 11.5 Å². The van der Waals surface area contributed by atoms with Crippen LogP contribution in [0.5, 0.6) is 0 Å². The van der Waals surface area contributed by atoms with Gasteiger partial charge in [-0.1, -0.05) is 0 Å². The second-order valence-electron chi connectivity index (χ2n) is 4.97. The Morgan fingerprint density at radius 2 is 2.29 bits per heavy atom. The van der Waals surface area contributed by atoms with Crippen LogP contribution in [0.2, 0.25) is 0 Å². The van der Waals surface area contributed by atoms with E-state index in [4.69, 9.17) is 10.2 Å². The second-order valence-corrected chi connectivity index (χ2v) is 4.97. The van der Waals surface area contributed by atoms with E-state index in [-0.39, 0.29) is 0 Å². The second kappa shape index (κ2) is 3.74. The number of rotatable bonds is 4. The molecule has 2 aromatic rings. The molecule has 90 valence electrons. The molecule has 1 heterocycles. The van der Waals surface area contributed by atoms with E-state index < -0.39 is 0 Å². The van der Waals surface area contributed by atoms with Crippen molar-refractivity contribution >= 4 is 16.8 Å². The number of oxazole rings is 1. The average molecular weight is 231 g/mol. The van der Waals surface area contributed by atoms with Gasteiger partial charge >= 0.3 is 0 Å². The van der Waals surface area contributed by atoms with E-state index in [2.05, 4.69) is 10.3 Å². The molecule has 1 aliphatic carbocycles. The molecule has 0 radical (unpaired) electrons. The molecule has 4 heteroatoms. The van der Waals surface area contributed by atoms with Crippen LogP contribution in [-0.2, 0) is 0 Å². The Kier molecular flexibility index (Phi) is 2.33. The summed E-state index contributed by atoms with van der Waals surface area (Å²) >= 11 is 0. The summed E-state index contributed by atoms with van der Waals surface area (Å²) in [6.07, 6.45) is 2.48. The van der Waals surface area contributed by atoms with Gasteiger partial charge in [-0.2, -0.15) is 0 Å². The number of aromatic nitrogens is 1. The third-order valence-corrected chi connectivity index (χ3v) is 3.55. The summed E-state index contributed by atoms with van der Waals surface area (Å²) in [7, 11) is 0. The fourth-order valence-corrected chi connectivity index (χ4v) is 2.07. The Bertz CT molecular complexity index is 543. The summed E-state index contributed by atoms with van der Waals surface area (Å²) in [5.41, 5.74) is 8.94. The minimum Gasteiger partial charge on any atom is -0.441 e. The van der Waals surface area contributed by atoms with Crippen molar-refractivity contribution in [1.29, 1.82) is 0 Å². The number of hydrogen-bond acceptors (Lipinski definition) is 4. The molecule has 0 atom stereocenters. The summed E-state index contributed by atoms with van der Waals surface area (Å²) < 4.78 is 5.44. The van der Waals surface area contributed by atoms with Crippen LogP contribution in [-0.4, -0.2) is 18.1 Å². The SMILES string of the molecule is Cc1nc2cc(NCC3(CN)CC3)ccc2o1. The summed E-state index contributed by atoms with van der Waals surface area (Å²) in [4.78, 5) is 4.32. The molecular weight excluding hydrogens is 214 g/mol. The lowest BCUT2D eigenvalue weighted by Crippen LogP contribution is -2.24. The Balaban J connectivity index is 1.76. The maximum Gasteiger partial charge on any atom is 0.192 e. The highest BCUT2D eigenvalue weighted by Crippen LogP contribution is 2.44. The van der Waals surface area contributed by atoms with Gasteiger partial charge in [-0.05, 0) is 43.0 Å². The van der Waals surface area contributed by atoms with Gasteiger partial charge in [0, 0.05) is 19.2 Å². The van der Waals surface area contributed by atoms with Crippen LogP contribution < -0.4 is 11.1 Å². The summed E-state index contributed by atoms with van der Waals surface area (Å²) in [6, 6.07) is 6.01. The van der Waals surface area contributed by atoms with Crippen LogP contribution in [0.3, 0.4) is 0 Å². The smallest absolute Gasteiger partial charge is 0.192 e. The number of anilines is 1. The molecule has 17 heavy (non-hydrogen) atoms. The number of aryl methyl sites for hydroxylation is 1. The maximum absolute atomic E-state index is 5.76. The first-order valence-corrected chi connectivity index (χ1v) is 6.02. The van der Waals surface area contributed by atoms with E-state index in [1.54, 1.807) is 0 Å². The Morgan fingerprint density at radius 3 is 3.00 bits per heavy atom. The van der Waals surface area contributed by atoms with Crippen molar-refractivity contribution in [3.05, 3.63) is 24.1 Å². The van der Waals surface area contributed by atoms with E-state index in [0.717, 1.165) is 29.9 Å². The van der Waals surface area contributed by atoms with Crippen LogP contribution in [0, 0.1) is 12.3 Å². The molecule has 1 aromatic heterocycles. The first-order chi connectivity index (χ1) is 8.21. The van der Waals surface area contributed by atoms with Crippen LogP contribution in [0.15, 0.2) is 22.6 Å². The van der Waals surface area contributed by atoms with Gasteiger partial charge in [0.25, 0.3) is 0 Å². The Hall–Kier alpha value is -1.55. The Morgan fingerprint density at radius 1 is 1.47 bits per heavy atom. The molecule has 3 rings (SSSR count). The van der Waals surface area contributed by atoms with E-state index in [0.29, 0.717) is 11.3 Å². The largest absolute Gasteiger partial charge is 0.441 e. The highest BCUT2D eigenvalue weighted by molar-refractivity contribution is 5.77. The van der Waals surface area contributed by atoms with Crippen LogP contribution >= 0.6 is 0 Å². The van der Waals surface area contributed by atoms with E-state index in [1.807, 2.05) is 25.1 Å². The topological polar surface area (TPSA) is 64.1 Å². The van der Waals surface area contributed by atoms with Gasteiger partial charge < -0.3 is 15.5 Å². The van der Waals surface area contributed by atoms with Crippen molar-refractivity contribution in [3.8, 4) is 0 Å². The molecule has 0 spiro atoms. The molecule has 3 N–H and O–H groups in total. The van der Waals surface area contributed by atoms with E-state index in [9.17, 15) is 0 Å². The average Bonchev–Trinajstić information content (AvgIpc) is 3.01. The number of benzene rings is 1. The highest BCUT2D eigenvalue weighted by atomic mass is 16.3. The molecule has 0 saturated heterocycles. The van der Waals surface area contributed by atoms with Gasteiger partial charge in [-0.15, -0.1) is 0 Å². The maximum atomic E-state index is 5.76. The molecule has 1 saturated carbocycles. The zero-order valence-electron chi connectivity index (χ0n) is 9.99. The Labute approximate surface area is 100 Å². The van der Waals surface area contributed by atoms with Crippen molar-refractivity contribution < 1.29 is 4.42 Å². The lowest BCUT2D eigenvalue weighted by atomic mass is 10.1. The summed E-state index contributed by atoms with van der Waals surface area (Å²) in [6.45, 7) is 3.58. The summed E-state index contributed by atoms with van der Waals surface area (Å²) in [5.74, 6) is 0.706. The molecule has 1 aromatic carbocycles. The predicted octanol–water partition coefficient (Wildman–Crippen LogP) is 2.29. The molecule has 0 aliphatic heterocycles. The van der Waals surface area contributed by atoms with Gasteiger partial charge in [0.05, 0.1) is 0 Å². The normalized spacial score (nSPS) is 17.3. The fourth-order valence-electron chi connectivity index (χ4n) is 2.07. The molecule has 4 nitrogen and oxygen atoms in total. The van der Waals surface area contributed by atoms with Crippen LogP contribution in [0.1, 0.15) is 18.7 Å². The monoisotopic (exact) mass is 231 g/mol. The molecule has 1 aliphatic rings. The molecule has 0 amide bonds. The minimum absolute atomic E-state index is 0.342. The summed E-state index contributed by atoms with van der Waals surface area (Å²) in [5, 5.41) is 3.44. The zero-order valence-corrected chi connectivity index (χ0v) is 9.99. The first-order valence-electron chi connectivity index (χ1n) is 6.02. The van der Waals surface area contributed by atoms with E-state index in [1.165, 1.54) is 12.8 Å². The third-order valence-electron chi connectivity index (χ3n) is 3.55. The number of nitrogens with zero attached hydrogens (tertiary/aromatic N) is 1. The van der Waals surface area contributed by atoms with Gasteiger partial charge in [-0.25, -0.2) is 4.98 Å². The van der Waals surface area contributed by atoms with Crippen LogP contribution in [0.4, 0.5) is 5.69 Å². The molecule has 0 unspecified atom stereocenters. The third kappa shape index (κ3) is 2.00. The predicted molar refractivity (Wildman–Crippen MR) is 68.0 cm³/mol. The lowest BCUT2D eigenvalue weighted by molar-refractivity contribution is 0.556. The standard InChI is InChI=1S/C13H17N3O/c1-9-16-11-6-10(2-3-12(11)17-9)15-8-13(7-14)4-5-13/h2-3,6,15H,4-5,7-8,14H2,1H3. The van der Waals surface area contributed by atoms with Gasteiger partial charge in [0.2, 0.25) is 0 Å². The van der Waals surface area contributed by atoms with E-state index >= 15 is 0 Å². The molecule has 1 fully saturated rings. The van der Waals surface area contributed by atoms with Crippen molar-refractivity contribution in [2.45, 2.75) is 19.8 Å². The number of nitrogens with one attached hydrogen (secondary N) is 1. The minimum atomic E-state index is 0.342. The number of nitrogens with two attached hydrogens (primary N) is 1. The number of fused-ring (bicyclic) bond motifs is 1.